The van der Waals surface area contributed by atoms with Gasteiger partial charge in [0.25, 0.3) is 6.47 Å². The van der Waals surface area contributed by atoms with Gasteiger partial charge in [0.2, 0.25) is 0 Å². The fraction of sp³-hybridized carbons (Fsp3) is 0.750. The Morgan fingerprint density at radius 2 is 1.90 bits per heavy atom. The molecule has 0 aromatic heterocycles. The van der Waals surface area contributed by atoms with Gasteiger partial charge in [-0.1, -0.05) is 26.3 Å². The molecule has 1 N–H and O–H groups in total. The first-order chi connectivity index (χ1) is 14.2. The van der Waals surface area contributed by atoms with E-state index in [0.29, 0.717) is 6.47 Å². The molecular formula is C24H43NO5. The maximum atomic E-state index is 11.9. The first kappa shape index (κ1) is 28.2. The minimum atomic E-state index is -0.318. The number of allylic oxidation sites excluding steroid dienone is 3. The summed E-state index contributed by atoms with van der Waals surface area (Å²) in [7, 11) is 1.81. The number of cyclic esters (lactones) is 1. The van der Waals surface area contributed by atoms with Crippen LogP contribution in [0, 0.1) is 0 Å². The summed E-state index contributed by atoms with van der Waals surface area (Å²) < 4.78 is 16.1. The summed E-state index contributed by atoms with van der Waals surface area (Å²) in [6.07, 6.45) is 13.2. The highest BCUT2D eigenvalue weighted by molar-refractivity contribution is 5.75. The van der Waals surface area contributed by atoms with Crippen LogP contribution in [0.15, 0.2) is 24.0 Å². The van der Waals surface area contributed by atoms with E-state index in [9.17, 15) is 9.59 Å². The van der Waals surface area contributed by atoms with E-state index in [1.165, 1.54) is 6.42 Å². The highest BCUT2D eigenvalue weighted by atomic mass is 16.5. The fourth-order valence-electron chi connectivity index (χ4n) is 2.87. The molecule has 0 aromatic rings. The molecule has 0 bridgehead atoms. The van der Waals surface area contributed by atoms with Gasteiger partial charge in [-0.25, -0.2) is 0 Å². The summed E-state index contributed by atoms with van der Waals surface area (Å²) in [5.41, 5.74) is -0.318. The summed E-state index contributed by atoms with van der Waals surface area (Å²) in [6, 6.07) is -0.190. The second-order valence-corrected chi connectivity index (χ2v) is 8.61. The topological polar surface area (TPSA) is 73.9 Å². The van der Waals surface area contributed by atoms with E-state index in [1.54, 1.807) is 7.05 Å². The molecule has 1 aliphatic heterocycles. The number of likely N-dealkylation sites (N-methyl/N-ethyl adjacent to an activating group) is 1. The molecule has 2 unspecified atom stereocenters. The summed E-state index contributed by atoms with van der Waals surface area (Å²) in [4.78, 5) is 21.5. The van der Waals surface area contributed by atoms with Gasteiger partial charge in [0, 0.05) is 6.42 Å². The van der Waals surface area contributed by atoms with Gasteiger partial charge in [0.05, 0.1) is 0 Å². The summed E-state index contributed by atoms with van der Waals surface area (Å²) in [5.74, 6) is 0.821. The molecule has 0 radical (unpaired) electrons. The Labute approximate surface area is 183 Å². The van der Waals surface area contributed by atoms with Crippen molar-refractivity contribution in [3.63, 3.8) is 0 Å². The van der Waals surface area contributed by atoms with Gasteiger partial charge in [0.1, 0.15) is 29.6 Å². The smallest absolute Gasteiger partial charge is 0.323 e. The maximum absolute atomic E-state index is 11.9. The van der Waals surface area contributed by atoms with Crippen molar-refractivity contribution < 1.29 is 23.8 Å². The molecule has 174 valence electrons. The summed E-state index contributed by atoms with van der Waals surface area (Å²) >= 11 is 0. The third-order valence-electron chi connectivity index (χ3n) is 4.23. The first-order valence-electron chi connectivity index (χ1n) is 11.2. The van der Waals surface area contributed by atoms with Crippen LogP contribution >= 0.6 is 0 Å². The van der Waals surface area contributed by atoms with Crippen molar-refractivity contribution in [2.75, 3.05) is 7.05 Å². The van der Waals surface area contributed by atoms with Crippen molar-refractivity contribution in [2.24, 2.45) is 0 Å². The lowest BCUT2D eigenvalue weighted by Gasteiger charge is -2.22. The molecule has 1 saturated heterocycles. The van der Waals surface area contributed by atoms with Crippen molar-refractivity contribution in [3.8, 4) is 0 Å². The van der Waals surface area contributed by atoms with Crippen LogP contribution in [0.4, 0.5) is 0 Å². The number of hydrogen-bond donors (Lipinski definition) is 1. The van der Waals surface area contributed by atoms with Gasteiger partial charge >= 0.3 is 5.97 Å². The van der Waals surface area contributed by atoms with Crippen LogP contribution in [0.3, 0.4) is 0 Å². The van der Waals surface area contributed by atoms with Crippen LogP contribution < -0.4 is 5.32 Å². The average Bonchev–Trinajstić information content (AvgIpc) is 2.71. The van der Waals surface area contributed by atoms with Gasteiger partial charge in [-0.05, 0) is 79.0 Å². The predicted molar refractivity (Wildman–Crippen MR) is 121 cm³/mol. The quantitative estimate of drug-likeness (QED) is 0.500. The van der Waals surface area contributed by atoms with Crippen LogP contribution in [-0.4, -0.2) is 43.3 Å². The van der Waals surface area contributed by atoms with Crippen molar-refractivity contribution in [3.05, 3.63) is 24.0 Å². The van der Waals surface area contributed by atoms with Crippen LogP contribution in [0.25, 0.3) is 0 Å². The molecule has 30 heavy (non-hydrogen) atoms. The molecule has 0 saturated carbocycles. The van der Waals surface area contributed by atoms with Crippen LogP contribution in [0.2, 0.25) is 0 Å². The number of rotatable bonds is 4. The molecule has 3 atom stereocenters. The van der Waals surface area contributed by atoms with Gasteiger partial charge in [-0.3, -0.25) is 9.59 Å². The van der Waals surface area contributed by atoms with E-state index in [2.05, 4.69) is 36.1 Å². The summed E-state index contributed by atoms with van der Waals surface area (Å²) in [5, 5.41) is 3.03. The first-order valence-corrected chi connectivity index (χ1v) is 11.2. The zero-order valence-corrected chi connectivity index (χ0v) is 20.0. The lowest BCUT2D eigenvalue weighted by atomic mass is 10.0. The van der Waals surface area contributed by atoms with Gasteiger partial charge < -0.3 is 19.5 Å². The van der Waals surface area contributed by atoms with Crippen molar-refractivity contribution in [1.82, 2.24) is 5.32 Å². The number of carbonyl (C=O) groups is 2. The number of nitrogens with one attached hydrogen (secondary N) is 1. The molecule has 2 rings (SSSR count). The number of ether oxygens (including phenoxy) is 3. The minimum Gasteiger partial charge on any atom is -0.491 e. The van der Waals surface area contributed by atoms with Crippen LogP contribution in [0.5, 0.6) is 0 Å². The highest BCUT2D eigenvalue weighted by Gasteiger charge is 2.26. The SMILES string of the molecule is CC(C)(C)OC=O.CCC.CN[C@H]1CCCC(OC2=CCCC=C2)CC(C)OC1=O. The van der Waals surface area contributed by atoms with Gasteiger partial charge in [0.15, 0.2) is 0 Å². The second-order valence-electron chi connectivity index (χ2n) is 8.61. The zero-order valence-electron chi connectivity index (χ0n) is 20.0. The van der Waals surface area contributed by atoms with E-state index in [-0.39, 0.29) is 29.8 Å². The van der Waals surface area contributed by atoms with Crippen LogP contribution in [0.1, 0.15) is 86.5 Å². The van der Waals surface area contributed by atoms with Crippen LogP contribution in [-0.2, 0) is 23.8 Å². The molecule has 0 spiro atoms. The Kier molecular flexibility index (Phi) is 15.0. The predicted octanol–water partition coefficient (Wildman–Crippen LogP) is 5.07. The Bertz CT molecular complexity index is 536. The lowest BCUT2D eigenvalue weighted by Crippen LogP contribution is -2.36. The van der Waals surface area contributed by atoms with Crippen molar-refractivity contribution >= 4 is 12.4 Å². The molecular weight excluding hydrogens is 382 g/mol. The minimum absolute atomic E-state index is 0.102. The van der Waals surface area contributed by atoms with E-state index in [0.717, 1.165) is 44.3 Å². The molecule has 1 heterocycles. The number of hydrogen-bond acceptors (Lipinski definition) is 6. The molecule has 2 aliphatic rings. The number of esters is 1. The standard InChI is InChI=1S/C16H25NO3.C5H10O2.C3H8/c1-12-11-14(20-13-7-4-3-5-8-13)9-6-10-15(17-2)16(18)19-12;1-5(2,3)7-4-6;1-3-2/h4,7-8,12,14-15,17H,3,5-6,9-11H2,1-2H3;4H,1-3H3;3H2,1-2H3/t12?,14?,15-;;/m0../s1. The Morgan fingerprint density at radius 1 is 1.23 bits per heavy atom. The zero-order chi connectivity index (χ0) is 23.0. The average molecular weight is 426 g/mol. The molecule has 6 nitrogen and oxygen atoms in total. The molecule has 0 aromatic carbocycles. The third-order valence-corrected chi connectivity index (χ3v) is 4.23. The van der Waals surface area contributed by atoms with Crippen molar-refractivity contribution in [1.29, 1.82) is 0 Å². The normalized spacial score (nSPS) is 24.2. The molecule has 1 aliphatic carbocycles. The van der Waals surface area contributed by atoms with Gasteiger partial charge in [-0.15, -0.1) is 0 Å². The Hall–Kier alpha value is -1.82. The molecule has 1 fully saturated rings. The fourth-order valence-corrected chi connectivity index (χ4v) is 2.87. The van der Waals surface area contributed by atoms with E-state index in [1.807, 2.05) is 33.8 Å². The molecule has 6 heteroatoms. The Morgan fingerprint density at radius 3 is 2.37 bits per heavy atom. The lowest BCUT2D eigenvalue weighted by molar-refractivity contribution is -0.151. The molecule has 0 amide bonds. The monoisotopic (exact) mass is 425 g/mol. The van der Waals surface area contributed by atoms with E-state index >= 15 is 0 Å². The second kappa shape index (κ2) is 15.9. The van der Waals surface area contributed by atoms with Gasteiger partial charge in [-0.2, -0.15) is 0 Å². The third kappa shape index (κ3) is 14.2. The Balaban J connectivity index is 0.000000706. The van der Waals surface area contributed by atoms with E-state index in [4.69, 9.17) is 9.47 Å². The largest absolute Gasteiger partial charge is 0.491 e. The highest BCUT2D eigenvalue weighted by Crippen LogP contribution is 2.22. The number of carbonyl (C=O) groups excluding carboxylic acids is 2. The van der Waals surface area contributed by atoms with E-state index < -0.39 is 0 Å². The van der Waals surface area contributed by atoms with Crippen molar-refractivity contribution in [2.45, 2.75) is 110 Å². The maximum Gasteiger partial charge on any atom is 0.323 e. The summed E-state index contributed by atoms with van der Waals surface area (Å²) in [6.45, 7) is 12.1.